The maximum Gasteiger partial charge on any atom is 0.222 e. The largest absolute Gasteiger partial charge is 0.481 e. The minimum absolute atomic E-state index is 0.124. The summed E-state index contributed by atoms with van der Waals surface area (Å²) in [6.07, 6.45) is 0. The minimum atomic E-state index is -0.124. The Hall–Kier alpha value is -0.890. The van der Waals surface area contributed by atoms with Gasteiger partial charge in [0, 0.05) is 12.5 Å². The molecule has 2 aromatic heterocycles. The van der Waals surface area contributed by atoms with Gasteiger partial charge in [-0.05, 0) is 29.5 Å². The summed E-state index contributed by atoms with van der Waals surface area (Å²) in [4.78, 5) is 9.13. The van der Waals surface area contributed by atoms with Gasteiger partial charge in [0.05, 0.1) is 22.1 Å². The van der Waals surface area contributed by atoms with E-state index in [0.717, 1.165) is 20.5 Å². The van der Waals surface area contributed by atoms with Crippen molar-refractivity contribution in [3.05, 3.63) is 20.1 Å². The van der Waals surface area contributed by atoms with Crippen molar-refractivity contribution in [1.29, 1.82) is 0 Å². The van der Waals surface area contributed by atoms with Crippen molar-refractivity contribution in [2.45, 2.75) is 33.1 Å². The van der Waals surface area contributed by atoms with Crippen LogP contribution >= 0.6 is 34.2 Å². The van der Waals surface area contributed by atoms with Crippen molar-refractivity contribution in [3.63, 3.8) is 0 Å². The van der Waals surface area contributed by atoms with Crippen LogP contribution in [0.5, 0.6) is 5.88 Å². The number of aromatic nitrogens is 4. The van der Waals surface area contributed by atoms with Gasteiger partial charge in [-0.2, -0.15) is 5.10 Å². The lowest BCUT2D eigenvalue weighted by molar-refractivity contribution is 0.374. The van der Waals surface area contributed by atoms with Gasteiger partial charge in [-0.1, -0.05) is 32.4 Å². The van der Waals surface area contributed by atoms with E-state index in [1.807, 2.05) is 14.0 Å². The lowest BCUT2D eigenvalue weighted by Gasteiger charge is -2.20. The van der Waals surface area contributed by atoms with Crippen molar-refractivity contribution >= 4 is 34.2 Å². The number of hydrogen-bond donors (Lipinski definition) is 0. The Kier molecular flexibility index (Phi) is 4.49. The highest BCUT2D eigenvalue weighted by Gasteiger charge is 2.26. The van der Waals surface area contributed by atoms with E-state index in [1.165, 1.54) is 0 Å². The molecule has 5 nitrogen and oxygen atoms in total. The Bertz CT molecular complexity index is 691. The maximum atomic E-state index is 6.30. The Labute approximate surface area is 143 Å². The molecule has 0 saturated heterocycles. The third-order valence-corrected chi connectivity index (χ3v) is 4.72. The predicted molar refractivity (Wildman–Crippen MR) is 92.0 cm³/mol. The van der Waals surface area contributed by atoms with Gasteiger partial charge in [-0.3, -0.25) is 0 Å². The van der Waals surface area contributed by atoms with E-state index in [0.29, 0.717) is 16.9 Å². The van der Waals surface area contributed by atoms with E-state index < -0.39 is 0 Å². The number of nitrogens with zero attached hydrogens (tertiary/aromatic N) is 4. The summed E-state index contributed by atoms with van der Waals surface area (Å²) in [6.45, 7) is 8.21. The number of hydrogen-bond acceptors (Lipinski definition) is 4. The molecule has 0 atom stereocenters. The second-order valence-electron chi connectivity index (χ2n) is 5.84. The van der Waals surface area contributed by atoms with Gasteiger partial charge in [0.25, 0.3) is 0 Å². The van der Waals surface area contributed by atoms with Crippen molar-refractivity contribution in [3.8, 4) is 17.3 Å². The lowest BCUT2D eigenvalue weighted by atomic mass is 9.92. The molecule has 0 N–H and O–H groups in total. The van der Waals surface area contributed by atoms with Crippen LogP contribution in [0.25, 0.3) is 11.4 Å². The van der Waals surface area contributed by atoms with Crippen LogP contribution < -0.4 is 4.74 Å². The first-order valence-corrected chi connectivity index (χ1v) is 7.94. The first kappa shape index (κ1) is 16.5. The zero-order chi connectivity index (χ0) is 15.9. The molecule has 0 unspecified atom stereocenters. The zero-order valence-electron chi connectivity index (χ0n) is 13.0. The molecule has 2 rings (SSSR count). The highest BCUT2D eigenvalue weighted by molar-refractivity contribution is 14.1. The Morgan fingerprint density at radius 2 is 1.86 bits per heavy atom. The van der Waals surface area contributed by atoms with E-state index in [2.05, 4.69) is 53.4 Å². The molecule has 0 saturated carbocycles. The number of methoxy groups -OCH3 is 1. The van der Waals surface area contributed by atoms with Crippen LogP contribution in [0.15, 0.2) is 0 Å². The van der Waals surface area contributed by atoms with Crippen molar-refractivity contribution in [2.75, 3.05) is 7.11 Å². The lowest BCUT2D eigenvalue weighted by Crippen LogP contribution is -2.17. The molecule has 2 aromatic rings. The Morgan fingerprint density at radius 3 is 2.38 bits per heavy atom. The van der Waals surface area contributed by atoms with Gasteiger partial charge >= 0.3 is 0 Å². The molecule has 0 bridgehead atoms. The number of halogens is 2. The minimum Gasteiger partial charge on any atom is -0.481 e. The molecule has 0 amide bonds. The SMILES string of the molecule is COc1c(-c2nc(Cl)c(I)c(C(C)(C)C)n2)c(C)nn1C. The number of ether oxygens (including phenoxy) is 1. The summed E-state index contributed by atoms with van der Waals surface area (Å²) in [5, 5.41) is 4.82. The molecular formula is C14H18ClIN4O. The standard InChI is InChI=1S/C14H18ClIN4O/c1-7-8(13(21-6)20(5)19-7)12-17-10(14(2,3)4)9(16)11(15)18-12/h1-6H3. The monoisotopic (exact) mass is 420 g/mol. The van der Waals surface area contributed by atoms with E-state index in [9.17, 15) is 0 Å². The molecule has 0 spiro atoms. The van der Waals surface area contributed by atoms with Gasteiger partial charge < -0.3 is 4.74 Å². The molecule has 0 aliphatic heterocycles. The summed E-state index contributed by atoms with van der Waals surface area (Å²) in [6, 6.07) is 0. The molecule has 7 heteroatoms. The van der Waals surface area contributed by atoms with Crippen LogP contribution in [0.4, 0.5) is 0 Å². The summed E-state index contributed by atoms with van der Waals surface area (Å²) < 4.78 is 7.98. The fourth-order valence-electron chi connectivity index (χ4n) is 2.16. The molecule has 0 fully saturated rings. The van der Waals surface area contributed by atoms with Crippen LogP contribution in [0.3, 0.4) is 0 Å². The first-order valence-electron chi connectivity index (χ1n) is 6.48. The fourth-order valence-corrected chi connectivity index (χ4v) is 3.38. The second kappa shape index (κ2) is 5.72. The highest BCUT2D eigenvalue weighted by Crippen LogP contribution is 2.35. The fraction of sp³-hybridized carbons (Fsp3) is 0.500. The quantitative estimate of drug-likeness (QED) is 0.548. The van der Waals surface area contributed by atoms with Crippen LogP contribution in [0.2, 0.25) is 5.15 Å². The smallest absolute Gasteiger partial charge is 0.222 e. The van der Waals surface area contributed by atoms with Crippen LogP contribution in [0, 0.1) is 10.5 Å². The molecule has 114 valence electrons. The van der Waals surface area contributed by atoms with Gasteiger partial charge in [0.1, 0.15) is 10.7 Å². The summed E-state index contributed by atoms with van der Waals surface area (Å²) in [5.74, 6) is 1.18. The second-order valence-corrected chi connectivity index (χ2v) is 7.28. The molecular weight excluding hydrogens is 403 g/mol. The average molecular weight is 421 g/mol. The summed E-state index contributed by atoms with van der Waals surface area (Å²) >= 11 is 8.49. The highest BCUT2D eigenvalue weighted by atomic mass is 127. The summed E-state index contributed by atoms with van der Waals surface area (Å²) in [7, 11) is 3.44. The normalized spacial score (nSPS) is 11.8. The molecule has 0 aliphatic carbocycles. The van der Waals surface area contributed by atoms with E-state index in [-0.39, 0.29) is 5.41 Å². The molecule has 0 aromatic carbocycles. The molecule has 21 heavy (non-hydrogen) atoms. The van der Waals surface area contributed by atoms with E-state index in [4.69, 9.17) is 21.3 Å². The third-order valence-electron chi connectivity index (χ3n) is 3.11. The number of aryl methyl sites for hydroxylation is 2. The zero-order valence-corrected chi connectivity index (χ0v) is 15.9. The number of rotatable bonds is 2. The van der Waals surface area contributed by atoms with E-state index in [1.54, 1.807) is 11.8 Å². The van der Waals surface area contributed by atoms with Crippen molar-refractivity contribution < 1.29 is 4.74 Å². The van der Waals surface area contributed by atoms with Gasteiger partial charge in [0.2, 0.25) is 5.88 Å². The van der Waals surface area contributed by atoms with Crippen LogP contribution in [0.1, 0.15) is 32.2 Å². The van der Waals surface area contributed by atoms with Gasteiger partial charge in [-0.25, -0.2) is 14.6 Å². The predicted octanol–water partition coefficient (Wildman–Crippen LogP) is 3.75. The Balaban J connectivity index is 2.75. The van der Waals surface area contributed by atoms with Gasteiger partial charge in [0.15, 0.2) is 5.82 Å². The van der Waals surface area contributed by atoms with Crippen LogP contribution in [-0.2, 0) is 12.5 Å². The van der Waals surface area contributed by atoms with Crippen LogP contribution in [-0.4, -0.2) is 26.9 Å². The topological polar surface area (TPSA) is 52.8 Å². The summed E-state index contributed by atoms with van der Waals surface area (Å²) in [5.41, 5.74) is 2.39. The van der Waals surface area contributed by atoms with E-state index >= 15 is 0 Å². The molecule has 0 aliphatic rings. The van der Waals surface area contributed by atoms with Crippen molar-refractivity contribution in [2.24, 2.45) is 7.05 Å². The third kappa shape index (κ3) is 3.01. The average Bonchev–Trinajstić information content (AvgIpc) is 2.65. The molecule has 2 heterocycles. The van der Waals surface area contributed by atoms with Crippen molar-refractivity contribution in [1.82, 2.24) is 19.7 Å². The van der Waals surface area contributed by atoms with Gasteiger partial charge in [-0.15, -0.1) is 0 Å². The maximum absolute atomic E-state index is 6.30. The Morgan fingerprint density at radius 1 is 1.24 bits per heavy atom. The molecule has 0 radical (unpaired) electrons. The first-order chi connectivity index (χ1) is 9.66.